The highest BCUT2D eigenvalue weighted by Crippen LogP contribution is 2.27. The lowest BCUT2D eigenvalue weighted by Crippen LogP contribution is -1.94. The van der Waals surface area contributed by atoms with Crippen molar-refractivity contribution in [2.75, 3.05) is 0 Å². The second-order valence-corrected chi connectivity index (χ2v) is 4.02. The Morgan fingerprint density at radius 3 is 2.64 bits per heavy atom. The minimum Gasteiger partial charge on any atom is -0.256 e. The maximum atomic E-state index is 4.37. The van der Waals surface area contributed by atoms with E-state index in [4.69, 9.17) is 0 Å². The summed E-state index contributed by atoms with van der Waals surface area (Å²) in [6.07, 6.45) is 1.85. The van der Waals surface area contributed by atoms with E-state index in [9.17, 15) is 0 Å². The predicted octanol–water partition coefficient (Wildman–Crippen LogP) is 3.67. The molecule has 0 unspecified atom stereocenters. The van der Waals surface area contributed by atoms with Gasteiger partial charge in [0.15, 0.2) is 0 Å². The van der Waals surface area contributed by atoms with Gasteiger partial charge in [-0.2, -0.15) is 0 Å². The minimum absolute atomic E-state index is 0.558. The van der Waals surface area contributed by atoms with Gasteiger partial charge >= 0.3 is 0 Å². The lowest BCUT2D eigenvalue weighted by molar-refractivity contribution is 0.866. The molecule has 0 saturated heterocycles. The van der Waals surface area contributed by atoms with Crippen LogP contribution in [0.25, 0.3) is 10.9 Å². The van der Waals surface area contributed by atoms with Crippen molar-refractivity contribution in [3.05, 3.63) is 41.6 Å². The molecule has 0 aliphatic rings. The summed E-state index contributed by atoms with van der Waals surface area (Å²) in [4.78, 5) is 4.37. The Kier molecular flexibility index (Phi) is 2.24. The van der Waals surface area contributed by atoms with Gasteiger partial charge in [-0.15, -0.1) is 0 Å². The van der Waals surface area contributed by atoms with Crippen LogP contribution < -0.4 is 0 Å². The largest absolute Gasteiger partial charge is 0.256 e. The van der Waals surface area contributed by atoms with Crippen LogP contribution in [0, 0.1) is 6.92 Å². The van der Waals surface area contributed by atoms with Crippen LogP contribution in [0.3, 0.4) is 0 Å². The number of aromatic nitrogens is 1. The van der Waals surface area contributed by atoms with Crippen molar-refractivity contribution < 1.29 is 0 Å². The van der Waals surface area contributed by atoms with E-state index in [1.165, 1.54) is 16.5 Å². The summed E-state index contributed by atoms with van der Waals surface area (Å²) >= 11 is 0. The molecule has 0 bridgehead atoms. The van der Waals surface area contributed by atoms with Crippen LogP contribution in [0.15, 0.2) is 30.5 Å². The van der Waals surface area contributed by atoms with E-state index < -0.39 is 0 Å². The Bertz CT molecular complexity index is 458. The predicted molar refractivity (Wildman–Crippen MR) is 60.6 cm³/mol. The van der Waals surface area contributed by atoms with Crippen molar-refractivity contribution >= 4 is 10.9 Å². The lowest BCUT2D eigenvalue weighted by atomic mass is 9.94. The Morgan fingerprint density at radius 2 is 1.93 bits per heavy atom. The molecule has 14 heavy (non-hydrogen) atoms. The highest BCUT2D eigenvalue weighted by molar-refractivity contribution is 5.83. The quantitative estimate of drug-likeness (QED) is 0.660. The Morgan fingerprint density at radius 1 is 1.14 bits per heavy atom. The highest BCUT2D eigenvalue weighted by atomic mass is 14.6. The number of hydrogen-bond acceptors (Lipinski definition) is 1. The summed E-state index contributed by atoms with van der Waals surface area (Å²) in [5.41, 5.74) is 3.89. The topological polar surface area (TPSA) is 12.9 Å². The number of aryl methyl sites for hydroxylation is 1. The van der Waals surface area contributed by atoms with Gasteiger partial charge in [-0.1, -0.05) is 26.0 Å². The molecule has 1 aromatic heterocycles. The third kappa shape index (κ3) is 1.39. The smallest absolute Gasteiger partial charge is 0.0705 e. The number of nitrogens with zero attached hydrogens (tertiary/aromatic N) is 1. The van der Waals surface area contributed by atoms with Crippen LogP contribution >= 0.6 is 0 Å². The van der Waals surface area contributed by atoms with Gasteiger partial charge in [0.25, 0.3) is 0 Å². The van der Waals surface area contributed by atoms with Crippen LogP contribution in [0.5, 0.6) is 0 Å². The summed E-state index contributed by atoms with van der Waals surface area (Å²) in [6, 6.07) is 8.42. The molecule has 1 aromatic carbocycles. The Labute approximate surface area is 84.8 Å². The maximum Gasteiger partial charge on any atom is 0.0705 e. The van der Waals surface area contributed by atoms with Gasteiger partial charge in [0.1, 0.15) is 0 Å². The van der Waals surface area contributed by atoms with Crippen molar-refractivity contribution in [3.8, 4) is 0 Å². The van der Waals surface area contributed by atoms with Gasteiger partial charge in [0.2, 0.25) is 0 Å². The third-order valence-electron chi connectivity index (χ3n) is 2.62. The van der Waals surface area contributed by atoms with Crippen molar-refractivity contribution in [2.45, 2.75) is 26.7 Å². The number of rotatable bonds is 1. The fourth-order valence-corrected chi connectivity index (χ4v) is 2.05. The first-order valence-corrected chi connectivity index (χ1v) is 5.04. The normalized spacial score (nSPS) is 11.1. The molecule has 0 aliphatic heterocycles. The molecule has 2 aromatic rings. The van der Waals surface area contributed by atoms with Crippen molar-refractivity contribution in [3.63, 3.8) is 0 Å². The average molecular weight is 185 g/mol. The third-order valence-corrected chi connectivity index (χ3v) is 2.62. The van der Waals surface area contributed by atoms with E-state index in [2.05, 4.69) is 44.0 Å². The van der Waals surface area contributed by atoms with Gasteiger partial charge < -0.3 is 0 Å². The summed E-state index contributed by atoms with van der Waals surface area (Å²) in [5, 5.41) is 1.29. The molecule has 0 atom stereocenters. The average Bonchev–Trinajstić information content (AvgIpc) is 2.17. The number of fused-ring (bicyclic) bond motifs is 1. The fraction of sp³-hybridized carbons (Fsp3) is 0.308. The maximum absolute atomic E-state index is 4.37. The monoisotopic (exact) mass is 185 g/mol. The van der Waals surface area contributed by atoms with Crippen LogP contribution in [0.1, 0.15) is 30.9 Å². The molecule has 72 valence electrons. The van der Waals surface area contributed by atoms with Crippen molar-refractivity contribution in [1.29, 1.82) is 0 Å². The first-order valence-electron chi connectivity index (χ1n) is 5.04. The molecule has 0 spiro atoms. The van der Waals surface area contributed by atoms with Crippen molar-refractivity contribution in [2.24, 2.45) is 0 Å². The zero-order valence-corrected chi connectivity index (χ0v) is 8.91. The summed E-state index contributed by atoms with van der Waals surface area (Å²) in [6.45, 7) is 6.63. The van der Waals surface area contributed by atoms with E-state index in [0.717, 1.165) is 5.52 Å². The zero-order valence-electron chi connectivity index (χ0n) is 8.91. The second kappa shape index (κ2) is 3.41. The summed E-state index contributed by atoms with van der Waals surface area (Å²) < 4.78 is 0. The first kappa shape index (κ1) is 9.20. The molecule has 0 aliphatic carbocycles. The number of pyridine rings is 1. The standard InChI is InChI=1S/C13H15N/c1-9(2)13-10(3)6-7-12-11(13)5-4-8-14-12/h4-9H,1-3H3. The minimum atomic E-state index is 0.558. The molecule has 0 saturated carbocycles. The molecule has 0 fully saturated rings. The van der Waals surface area contributed by atoms with E-state index >= 15 is 0 Å². The molecule has 1 nitrogen and oxygen atoms in total. The van der Waals surface area contributed by atoms with Crippen LogP contribution in [-0.4, -0.2) is 4.98 Å². The SMILES string of the molecule is Cc1ccc2ncccc2c1C(C)C. The molecule has 1 heteroatoms. The highest BCUT2D eigenvalue weighted by Gasteiger charge is 2.07. The van der Waals surface area contributed by atoms with Crippen LogP contribution in [0.4, 0.5) is 0 Å². The zero-order chi connectivity index (χ0) is 10.1. The number of hydrogen-bond donors (Lipinski definition) is 0. The first-order chi connectivity index (χ1) is 6.70. The van der Waals surface area contributed by atoms with Gasteiger partial charge in [0, 0.05) is 11.6 Å². The van der Waals surface area contributed by atoms with E-state index in [1.807, 2.05) is 12.3 Å². The van der Waals surface area contributed by atoms with E-state index in [0.29, 0.717) is 5.92 Å². The van der Waals surface area contributed by atoms with Gasteiger partial charge in [-0.05, 0) is 36.1 Å². The van der Waals surface area contributed by atoms with Crippen LogP contribution in [-0.2, 0) is 0 Å². The van der Waals surface area contributed by atoms with E-state index in [-0.39, 0.29) is 0 Å². The molecular formula is C13H15N. The van der Waals surface area contributed by atoms with Gasteiger partial charge in [-0.25, -0.2) is 0 Å². The molecule has 2 rings (SSSR count). The molecular weight excluding hydrogens is 170 g/mol. The summed E-state index contributed by atoms with van der Waals surface area (Å²) in [5.74, 6) is 0.558. The molecule has 0 radical (unpaired) electrons. The second-order valence-electron chi connectivity index (χ2n) is 4.02. The van der Waals surface area contributed by atoms with Gasteiger partial charge in [0.05, 0.1) is 5.52 Å². The van der Waals surface area contributed by atoms with Gasteiger partial charge in [-0.3, -0.25) is 4.98 Å². The fourth-order valence-electron chi connectivity index (χ4n) is 2.05. The van der Waals surface area contributed by atoms with Crippen LogP contribution in [0.2, 0.25) is 0 Å². The lowest BCUT2D eigenvalue weighted by Gasteiger charge is -2.12. The molecule has 0 amide bonds. The van der Waals surface area contributed by atoms with Crippen molar-refractivity contribution in [1.82, 2.24) is 4.98 Å². The number of benzene rings is 1. The van der Waals surface area contributed by atoms with E-state index in [1.54, 1.807) is 0 Å². The summed E-state index contributed by atoms with van der Waals surface area (Å²) in [7, 11) is 0. The Hall–Kier alpha value is -1.37. The molecule has 1 heterocycles. The molecule has 0 N–H and O–H groups in total. The Balaban J connectivity index is 2.83.